The highest BCUT2D eigenvalue weighted by atomic mass is 16.5. The first-order valence-corrected chi connectivity index (χ1v) is 6.91. The van der Waals surface area contributed by atoms with Crippen molar-refractivity contribution in [2.75, 3.05) is 13.2 Å². The van der Waals surface area contributed by atoms with Gasteiger partial charge in [0.15, 0.2) is 0 Å². The first-order valence-electron chi connectivity index (χ1n) is 6.91. The van der Waals surface area contributed by atoms with E-state index in [2.05, 4.69) is 57.3 Å². The van der Waals surface area contributed by atoms with E-state index in [1.807, 2.05) is 6.07 Å². The smallest absolute Gasteiger partial charge is 0.0717 e. The fourth-order valence-electron chi connectivity index (χ4n) is 1.72. The van der Waals surface area contributed by atoms with Crippen LogP contribution in [0.3, 0.4) is 0 Å². The maximum Gasteiger partial charge on any atom is 0.0717 e. The van der Waals surface area contributed by atoms with E-state index in [-0.39, 0.29) is 5.41 Å². The first kappa shape index (κ1) is 15.2. The summed E-state index contributed by atoms with van der Waals surface area (Å²) in [6.45, 7) is 11.4. The van der Waals surface area contributed by atoms with Gasteiger partial charge >= 0.3 is 0 Å². The van der Waals surface area contributed by atoms with E-state index in [0.29, 0.717) is 12.6 Å². The second kappa shape index (κ2) is 7.55. The van der Waals surface area contributed by atoms with Crippen molar-refractivity contribution in [1.82, 2.24) is 5.32 Å². The Bertz CT molecular complexity index is 323. The predicted octanol–water partition coefficient (Wildman–Crippen LogP) is 3.62. The average Bonchev–Trinajstić information content (AvgIpc) is 2.38. The minimum Gasteiger partial charge on any atom is -0.376 e. The van der Waals surface area contributed by atoms with Crippen LogP contribution in [0.5, 0.6) is 0 Å². The van der Waals surface area contributed by atoms with Crippen molar-refractivity contribution in [1.29, 1.82) is 0 Å². The van der Waals surface area contributed by atoms with Crippen LogP contribution in [0.15, 0.2) is 30.3 Å². The number of benzene rings is 1. The first-order chi connectivity index (χ1) is 8.56. The molecule has 0 aliphatic heterocycles. The molecule has 1 N–H and O–H groups in total. The molecule has 0 saturated heterocycles. The lowest BCUT2D eigenvalue weighted by molar-refractivity contribution is 0.0392. The van der Waals surface area contributed by atoms with Crippen LogP contribution < -0.4 is 5.32 Å². The van der Waals surface area contributed by atoms with Crippen LogP contribution in [0.2, 0.25) is 0 Å². The lowest BCUT2D eigenvalue weighted by Gasteiger charge is -2.29. The molecule has 0 amide bonds. The van der Waals surface area contributed by atoms with Gasteiger partial charge in [0.2, 0.25) is 0 Å². The molecule has 0 bridgehead atoms. The quantitative estimate of drug-likeness (QED) is 0.760. The van der Waals surface area contributed by atoms with Crippen molar-refractivity contribution < 1.29 is 4.74 Å². The second-order valence-electron chi connectivity index (χ2n) is 5.68. The maximum atomic E-state index is 5.87. The van der Waals surface area contributed by atoms with Gasteiger partial charge in [0.25, 0.3) is 0 Å². The SMILES string of the molecule is CCC(C)(CNC(C)C)COCc1ccccc1. The Morgan fingerprint density at radius 3 is 2.44 bits per heavy atom. The summed E-state index contributed by atoms with van der Waals surface area (Å²) in [5.41, 5.74) is 1.46. The van der Waals surface area contributed by atoms with Crippen molar-refractivity contribution >= 4 is 0 Å². The summed E-state index contributed by atoms with van der Waals surface area (Å²) in [5.74, 6) is 0. The molecule has 0 aliphatic rings. The lowest BCUT2D eigenvalue weighted by atomic mass is 9.88. The fourth-order valence-corrected chi connectivity index (χ4v) is 1.72. The van der Waals surface area contributed by atoms with Gasteiger partial charge in [0.05, 0.1) is 13.2 Å². The number of hydrogen-bond donors (Lipinski definition) is 1. The standard InChI is InChI=1S/C16H27NO/c1-5-16(4,12-17-14(2)3)13-18-11-15-9-7-6-8-10-15/h6-10,14,17H,5,11-13H2,1-4H3. The van der Waals surface area contributed by atoms with E-state index in [0.717, 1.165) is 19.6 Å². The van der Waals surface area contributed by atoms with E-state index in [4.69, 9.17) is 4.74 Å². The molecule has 18 heavy (non-hydrogen) atoms. The molecule has 0 heterocycles. The third-order valence-corrected chi connectivity index (χ3v) is 3.35. The third-order valence-electron chi connectivity index (χ3n) is 3.35. The van der Waals surface area contributed by atoms with Gasteiger partial charge < -0.3 is 10.1 Å². The van der Waals surface area contributed by atoms with Gasteiger partial charge in [0.1, 0.15) is 0 Å². The number of nitrogens with one attached hydrogen (secondary N) is 1. The minimum absolute atomic E-state index is 0.221. The molecule has 0 fully saturated rings. The molecular weight excluding hydrogens is 222 g/mol. The van der Waals surface area contributed by atoms with Crippen molar-refractivity contribution in [3.05, 3.63) is 35.9 Å². The van der Waals surface area contributed by atoms with Crippen LogP contribution >= 0.6 is 0 Å². The van der Waals surface area contributed by atoms with Gasteiger partial charge in [-0.2, -0.15) is 0 Å². The fraction of sp³-hybridized carbons (Fsp3) is 0.625. The van der Waals surface area contributed by atoms with Crippen LogP contribution in [0.1, 0.15) is 39.7 Å². The van der Waals surface area contributed by atoms with E-state index < -0.39 is 0 Å². The zero-order valence-electron chi connectivity index (χ0n) is 12.2. The molecule has 2 nitrogen and oxygen atoms in total. The molecule has 102 valence electrons. The van der Waals surface area contributed by atoms with E-state index >= 15 is 0 Å². The highest BCUT2D eigenvalue weighted by Gasteiger charge is 2.22. The number of rotatable bonds is 8. The van der Waals surface area contributed by atoms with Gasteiger partial charge in [0, 0.05) is 18.0 Å². The van der Waals surface area contributed by atoms with Crippen LogP contribution in [0, 0.1) is 5.41 Å². The summed E-state index contributed by atoms with van der Waals surface area (Å²) in [4.78, 5) is 0. The molecule has 1 atom stereocenters. The second-order valence-corrected chi connectivity index (χ2v) is 5.68. The summed E-state index contributed by atoms with van der Waals surface area (Å²) in [6.07, 6.45) is 1.13. The maximum absolute atomic E-state index is 5.87. The predicted molar refractivity (Wildman–Crippen MR) is 77.6 cm³/mol. The van der Waals surface area contributed by atoms with Crippen molar-refractivity contribution in [3.63, 3.8) is 0 Å². The molecule has 1 unspecified atom stereocenters. The summed E-state index contributed by atoms with van der Waals surface area (Å²) in [7, 11) is 0. The molecule has 2 heteroatoms. The number of hydrogen-bond acceptors (Lipinski definition) is 2. The Kier molecular flexibility index (Phi) is 6.37. The topological polar surface area (TPSA) is 21.3 Å². The molecule has 1 rings (SSSR count). The zero-order chi connectivity index (χ0) is 13.4. The van der Waals surface area contributed by atoms with Gasteiger partial charge in [-0.3, -0.25) is 0 Å². The summed E-state index contributed by atoms with van der Waals surface area (Å²) >= 11 is 0. The Morgan fingerprint density at radius 1 is 1.22 bits per heavy atom. The van der Waals surface area contributed by atoms with E-state index in [1.165, 1.54) is 5.56 Å². The largest absolute Gasteiger partial charge is 0.376 e. The van der Waals surface area contributed by atoms with Gasteiger partial charge in [-0.05, 0) is 12.0 Å². The molecule has 0 aromatic heterocycles. The van der Waals surface area contributed by atoms with E-state index in [1.54, 1.807) is 0 Å². The summed E-state index contributed by atoms with van der Waals surface area (Å²) < 4.78 is 5.87. The Morgan fingerprint density at radius 2 is 1.89 bits per heavy atom. The zero-order valence-corrected chi connectivity index (χ0v) is 12.2. The van der Waals surface area contributed by atoms with Gasteiger partial charge in [-0.15, -0.1) is 0 Å². The summed E-state index contributed by atoms with van der Waals surface area (Å²) in [6, 6.07) is 10.9. The van der Waals surface area contributed by atoms with Gasteiger partial charge in [-0.25, -0.2) is 0 Å². The van der Waals surface area contributed by atoms with Gasteiger partial charge in [-0.1, -0.05) is 58.0 Å². The molecule has 1 aromatic rings. The lowest BCUT2D eigenvalue weighted by Crippen LogP contribution is -2.38. The van der Waals surface area contributed by atoms with Crippen LogP contribution in [-0.2, 0) is 11.3 Å². The molecule has 0 saturated carbocycles. The highest BCUT2D eigenvalue weighted by Crippen LogP contribution is 2.21. The average molecular weight is 249 g/mol. The molecule has 0 aliphatic carbocycles. The number of ether oxygens (including phenoxy) is 1. The van der Waals surface area contributed by atoms with Crippen molar-refractivity contribution in [2.24, 2.45) is 5.41 Å². The van der Waals surface area contributed by atoms with Crippen LogP contribution in [0.25, 0.3) is 0 Å². The summed E-state index contributed by atoms with van der Waals surface area (Å²) in [5, 5.41) is 3.51. The Balaban J connectivity index is 2.34. The molecule has 0 radical (unpaired) electrons. The monoisotopic (exact) mass is 249 g/mol. The van der Waals surface area contributed by atoms with Crippen molar-refractivity contribution in [3.8, 4) is 0 Å². The molecule has 0 spiro atoms. The Labute approximate surface area is 112 Å². The minimum atomic E-state index is 0.221. The van der Waals surface area contributed by atoms with Crippen LogP contribution in [-0.4, -0.2) is 19.2 Å². The van der Waals surface area contributed by atoms with Crippen LogP contribution in [0.4, 0.5) is 0 Å². The molecular formula is C16H27NO. The highest BCUT2D eigenvalue weighted by molar-refractivity contribution is 5.13. The normalized spacial score (nSPS) is 14.7. The third kappa shape index (κ3) is 5.65. The Hall–Kier alpha value is -0.860. The molecule has 1 aromatic carbocycles. The van der Waals surface area contributed by atoms with E-state index in [9.17, 15) is 0 Å². The van der Waals surface area contributed by atoms with Crippen molar-refractivity contribution in [2.45, 2.75) is 46.8 Å².